The molecule has 1 aromatic carbocycles. The number of hydrogen-bond donors (Lipinski definition) is 2. The first-order valence-electron chi connectivity index (χ1n) is 6.36. The van der Waals surface area contributed by atoms with E-state index in [9.17, 15) is 4.79 Å². The number of amides is 1. The van der Waals surface area contributed by atoms with E-state index in [1.165, 1.54) is 0 Å². The summed E-state index contributed by atoms with van der Waals surface area (Å²) < 4.78 is 0. The third-order valence-corrected chi connectivity index (χ3v) is 2.82. The van der Waals surface area contributed by atoms with Crippen LogP contribution in [0.25, 0.3) is 0 Å². The fraction of sp³-hybridized carbons (Fsp3) is 0.400. The van der Waals surface area contributed by atoms with Crippen molar-refractivity contribution in [1.82, 2.24) is 5.32 Å². The van der Waals surface area contributed by atoms with E-state index >= 15 is 0 Å². The highest BCUT2D eigenvalue weighted by molar-refractivity contribution is 6.32. The molecule has 1 rings (SSSR count). The third kappa shape index (κ3) is 5.34. The van der Waals surface area contributed by atoms with Gasteiger partial charge in [0.1, 0.15) is 0 Å². The van der Waals surface area contributed by atoms with Crippen LogP contribution in [0.2, 0.25) is 5.02 Å². The second-order valence-corrected chi connectivity index (χ2v) is 4.49. The second-order valence-electron chi connectivity index (χ2n) is 4.08. The molecule has 0 aliphatic heterocycles. The van der Waals surface area contributed by atoms with Gasteiger partial charge in [0.25, 0.3) is 5.91 Å². The molecule has 0 heterocycles. The van der Waals surface area contributed by atoms with E-state index in [0.717, 1.165) is 12.8 Å². The molecular weight excluding hydrogens is 262 g/mol. The monoisotopic (exact) mass is 279 g/mol. The minimum absolute atomic E-state index is 0.0303. The summed E-state index contributed by atoms with van der Waals surface area (Å²) in [5.41, 5.74) is 1.20. The Kier molecular flexibility index (Phi) is 7.02. The molecule has 3 nitrogen and oxygen atoms in total. The van der Waals surface area contributed by atoms with Gasteiger partial charge >= 0.3 is 0 Å². The molecule has 0 aliphatic rings. The van der Waals surface area contributed by atoms with Crippen molar-refractivity contribution in [2.24, 2.45) is 0 Å². The van der Waals surface area contributed by atoms with Crippen LogP contribution < -0.4 is 5.32 Å². The van der Waals surface area contributed by atoms with Crippen LogP contribution in [0, 0.1) is 11.8 Å². The second kappa shape index (κ2) is 8.58. The van der Waals surface area contributed by atoms with Gasteiger partial charge in [-0.2, -0.15) is 0 Å². The van der Waals surface area contributed by atoms with Crippen LogP contribution in [0.5, 0.6) is 0 Å². The lowest BCUT2D eigenvalue weighted by Gasteiger charge is -2.05. The Balaban J connectivity index is 2.71. The normalized spacial score (nSPS) is 9.63. The van der Waals surface area contributed by atoms with Crippen molar-refractivity contribution in [3.63, 3.8) is 0 Å². The van der Waals surface area contributed by atoms with E-state index in [2.05, 4.69) is 24.1 Å². The topological polar surface area (TPSA) is 49.3 Å². The molecule has 0 unspecified atom stereocenters. The van der Waals surface area contributed by atoms with Crippen molar-refractivity contribution in [3.8, 4) is 11.8 Å². The first kappa shape index (κ1) is 15.6. The first-order valence-corrected chi connectivity index (χ1v) is 6.74. The molecular formula is C15H18ClNO2. The molecule has 0 aromatic heterocycles. The highest BCUT2D eigenvalue weighted by Gasteiger charge is 2.07. The number of aliphatic hydroxyl groups is 1. The Labute approximate surface area is 119 Å². The van der Waals surface area contributed by atoms with Gasteiger partial charge in [-0.15, -0.1) is 0 Å². The molecule has 0 bridgehead atoms. The molecule has 2 N–H and O–H groups in total. The summed E-state index contributed by atoms with van der Waals surface area (Å²) in [6.07, 6.45) is 2.42. The van der Waals surface area contributed by atoms with E-state index in [4.69, 9.17) is 16.7 Å². The van der Waals surface area contributed by atoms with Crippen molar-refractivity contribution in [2.75, 3.05) is 13.2 Å². The molecule has 0 aliphatic carbocycles. The minimum atomic E-state index is -0.120. The maximum absolute atomic E-state index is 11.8. The highest BCUT2D eigenvalue weighted by atomic mass is 35.5. The molecule has 0 saturated heterocycles. The third-order valence-electron chi connectivity index (χ3n) is 2.51. The van der Waals surface area contributed by atoms with Gasteiger partial charge in [0.15, 0.2) is 0 Å². The van der Waals surface area contributed by atoms with Gasteiger partial charge in [-0.1, -0.05) is 36.8 Å². The van der Waals surface area contributed by atoms with Gasteiger partial charge in [-0.3, -0.25) is 4.79 Å². The van der Waals surface area contributed by atoms with E-state index in [-0.39, 0.29) is 12.5 Å². The molecule has 0 radical (unpaired) electrons. The molecule has 19 heavy (non-hydrogen) atoms. The average molecular weight is 280 g/mol. The lowest BCUT2D eigenvalue weighted by molar-refractivity contribution is 0.0953. The van der Waals surface area contributed by atoms with Gasteiger partial charge in [0.05, 0.1) is 11.6 Å². The van der Waals surface area contributed by atoms with Crippen molar-refractivity contribution in [1.29, 1.82) is 0 Å². The van der Waals surface area contributed by atoms with Gasteiger partial charge in [0, 0.05) is 24.1 Å². The Morgan fingerprint density at radius 3 is 2.89 bits per heavy atom. The maximum atomic E-state index is 11.8. The Morgan fingerprint density at radius 1 is 1.47 bits per heavy atom. The summed E-state index contributed by atoms with van der Waals surface area (Å²) >= 11 is 6.07. The van der Waals surface area contributed by atoms with Crippen LogP contribution in [0.3, 0.4) is 0 Å². The number of nitrogens with one attached hydrogen (secondary N) is 1. The molecule has 0 fully saturated rings. The standard InChI is InChI=1S/C15H18ClNO2/c1-2-3-9-17-15(19)13-8-7-12(14(16)11-13)6-4-5-10-18/h7-8,11,18H,2-3,5,9-10H2,1H3,(H,17,19). The quantitative estimate of drug-likeness (QED) is 0.643. The zero-order valence-corrected chi connectivity index (χ0v) is 11.8. The van der Waals surface area contributed by atoms with E-state index in [1.54, 1.807) is 18.2 Å². The number of aliphatic hydroxyl groups excluding tert-OH is 1. The van der Waals surface area contributed by atoms with Gasteiger partial charge < -0.3 is 10.4 Å². The van der Waals surface area contributed by atoms with Gasteiger partial charge in [-0.25, -0.2) is 0 Å². The van der Waals surface area contributed by atoms with E-state index in [1.807, 2.05) is 0 Å². The summed E-state index contributed by atoms with van der Waals surface area (Å²) in [7, 11) is 0. The lowest BCUT2D eigenvalue weighted by atomic mass is 10.1. The smallest absolute Gasteiger partial charge is 0.251 e. The number of unbranched alkanes of at least 4 members (excludes halogenated alkanes) is 1. The molecule has 102 valence electrons. The Morgan fingerprint density at radius 2 is 2.26 bits per heavy atom. The van der Waals surface area contributed by atoms with Crippen molar-refractivity contribution < 1.29 is 9.90 Å². The van der Waals surface area contributed by atoms with Crippen molar-refractivity contribution in [3.05, 3.63) is 34.3 Å². The molecule has 0 atom stereocenters. The molecule has 1 amide bonds. The fourth-order valence-electron chi connectivity index (χ4n) is 1.45. The van der Waals surface area contributed by atoms with Crippen molar-refractivity contribution in [2.45, 2.75) is 26.2 Å². The zero-order valence-electron chi connectivity index (χ0n) is 11.0. The van der Waals surface area contributed by atoms with Gasteiger partial charge in [0.2, 0.25) is 0 Å². The Hall–Kier alpha value is -1.50. The number of carbonyl (C=O) groups excluding carboxylic acids is 1. The average Bonchev–Trinajstić information content (AvgIpc) is 2.41. The number of carbonyl (C=O) groups is 1. The van der Waals surface area contributed by atoms with Crippen LogP contribution in [0.15, 0.2) is 18.2 Å². The van der Waals surface area contributed by atoms with Crippen LogP contribution in [0.4, 0.5) is 0 Å². The predicted molar refractivity (Wildman–Crippen MR) is 77.3 cm³/mol. The lowest BCUT2D eigenvalue weighted by Crippen LogP contribution is -2.24. The number of hydrogen-bond acceptors (Lipinski definition) is 2. The van der Waals surface area contributed by atoms with Crippen molar-refractivity contribution >= 4 is 17.5 Å². The summed E-state index contributed by atoms with van der Waals surface area (Å²) in [5, 5.41) is 11.9. The zero-order chi connectivity index (χ0) is 14.1. The predicted octanol–water partition coefficient (Wildman–Crippen LogP) is 2.60. The minimum Gasteiger partial charge on any atom is -0.395 e. The highest BCUT2D eigenvalue weighted by Crippen LogP contribution is 2.17. The summed E-state index contributed by atoms with van der Waals surface area (Å²) in [5.74, 6) is 5.54. The summed E-state index contributed by atoms with van der Waals surface area (Å²) in [6.45, 7) is 2.77. The maximum Gasteiger partial charge on any atom is 0.251 e. The van der Waals surface area contributed by atoms with Crippen LogP contribution >= 0.6 is 11.6 Å². The SMILES string of the molecule is CCCCNC(=O)c1ccc(C#CCCO)c(Cl)c1. The molecule has 0 saturated carbocycles. The summed E-state index contributed by atoms with van der Waals surface area (Å²) in [4.78, 5) is 11.8. The largest absolute Gasteiger partial charge is 0.395 e. The Bertz CT molecular complexity index is 489. The molecule has 0 spiro atoms. The first-order chi connectivity index (χ1) is 9.19. The molecule has 4 heteroatoms. The number of halogens is 1. The fourth-order valence-corrected chi connectivity index (χ4v) is 1.68. The van der Waals surface area contributed by atoms with Crippen LogP contribution in [-0.2, 0) is 0 Å². The van der Waals surface area contributed by atoms with Crippen LogP contribution in [0.1, 0.15) is 42.1 Å². The van der Waals surface area contributed by atoms with Crippen LogP contribution in [-0.4, -0.2) is 24.2 Å². The molecule has 1 aromatic rings. The van der Waals surface area contributed by atoms with E-state index in [0.29, 0.717) is 29.1 Å². The summed E-state index contributed by atoms with van der Waals surface area (Å²) in [6, 6.07) is 5.04. The van der Waals surface area contributed by atoms with E-state index < -0.39 is 0 Å². The van der Waals surface area contributed by atoms with Gasteiger partial charge in [-0.05, 0) is 24.6 Å². The number of benzene rings is 1. The number of rotatable bonds is 5.